The van der Waals surface area contributed by atoms with Gasteiger partial charge in [0.05, 0.1) is 25.8 Å². The van der Waals surface area contributed by atoms with Crippen molar-refractivity contribution in [1.82, 2.24) is 10.9 Å². The molecule has 1 saturated heterocycles. The Kier molecular flexibility index (Phi) is 7.27. The molecular formula is C22H23N3O7. The Morgan fingerprint density at radius 3 is 2.47 bits per heavy atom. The zero-order chi connectivity index (χ0) is 23.1. The van der Waals surface area contributed by atoms with Gasteiger partial charge in [-0.3, -0.25) is 30.0 Å². The minimum absolute atomic E-state index is 0.0639. The summed E-state index contributed by atoms with van der Waals surface area (Å²) in [6, 6.07) is 13.3. The number of esters is 1. The lowest BCUT2D eigenvalue weighted by Gasteiger charge is -2.20. The molecule has 2 aromatic rings. The van der Waals surface area contributed by atoms with Gasteiger partial charge in [-0.1, -0.05) is 18.2 Å². The number of carbonyl (C=O) groups excluding carboxylic acids is 4. The van der Waals surface area contributed by atoms with Crippen LogP contribution in [0.2, 0.25) is 0 Å². The lowest BCUT2D eigenvalue weighted by Crippen LogP contribution is -2.43. The second kappa shape index (κ2) is 10.3. The number of rotatable bonds is 7. The maximum absolute atomic E-state index is 12.5. The summed E-state index contributed by atoms with van der Waals surface area (Å²) in [6.07, 6.45) is -0.0639. The van der Waals surface area contributed by atoms with E-state index >= 15 is 0 Å². The van der Waals surface area contributed by atoms with Gasteiger partial charge < -0.3 is 19.1 Å². The SMILES string of the molecule is COc1ccc(OC)c(N2C[C@@H](C(=O)OCC(=O)NNC(=O)c3ccccc3)CC2=O)c1. The molecular weight excluding hydrogens is 418 g/mol. The largest absolute Gasteiger partial charge is 0.497 e. The van der Waals surface area contributed by atoms with Gasteiger partial charge >= 0.3 is 5.97 Å². The summed E-state index contributed by atoms with van der Waals surface area (Å²) < 4.78 is 15.5. The van der Waals surface area contributed by atoms with Crippen LogP contribution >= 0.6 is 0 Å². The number of hydrogen-bond acceptors (Lipinski definition) is 7. The van der Waals surface area contributed by atoms with Gasteiger partial charge in [-0.15, -0.1) is 0 Å². The first-order valence-electron chi connectivity index (χ1n) is 9.76. The average molecular weight is 441 g/mol. The van der Waals surface area contributed by atoms with Crippen molar-refractivity contribution in [1.29, 1.82) is 0 Å². The Labute approximate surface area is 184 Å². The second-order valence-electron chi connectivity index (χ2n) is 6.92. The summed E-state index contributed by atoms with van der Waals surface area (Å²) in [6.45, 7) is -0.519. The molecule has 3 amide bonds. The van der Waals surface area contributed by atoms with E-state index in [0.29, 0.717) is 22.7 Å². The quantitative estimate of drug-likeness (QED) is 0.486. The molecule has 0 bridgehead atoms. The van der Waals surface area contributed by atoms with E-state index in [9.17, 15) is 19.2 Å². The lowest BCUT2D eigenvalue weighted by molar-refractivity contribution is -0.152. The van der Waals surface area contributed by atoms with Crippen LogP contribution < -0.4 is 25.2 Å². The summed E-state index contributed by atoms with van der Waals surface area (Å²) in [5.74, 6) is -1.93. The summed E-state index contributed by atoms with van der Waals surface area (Å²) in [7, 11) is 2.98. The molecule has 0 aliphatic carbocycles. The molecule has 1 aliphatic rings. The first-order chi connectivity index (χ1) is 15.4. The molecule has 1 aliphatic heterocycles. The molecule has 10 nitrogen and oxygen atoms in total. The van der Waals surface area contributed by atoms with E-state index in [1.807, 2.05) is 0 Å². The number of nitrogens with zero attached hydrogens (tertiary/aromatic N) is 1. The smallest absolute Gasteiger partial charge is 0.311 e. The predicted molar refractivity (Wildman–Crippen MR) is 113 cm³/mol. The Morgan fingerprint density at radius 2 is 1.78 bits per heavy atom. The van der Waals surface area contributed by atoms with Crippen molar-refractivity contribution in [3.8, 4) is 11.5 Å². The van der Waals surface area contributed by atoms with Gasteiger partial charge in [0.1, 0.15) is 11.5 Å². The number of ether oxygens (including phenoxy) is 3. The topological polar surface area (TPSA) is 123 Å². The molecule has 2 N–H and O–H groups in total. The van der Waals surface area contributed by atoms with Crippen molar-refractivity contribution in [2.75, 3.05) is 32.3 Å². The molecule has 1 heterocycles. The average Bonchev–Trinajstić information content (AvgIpc) is 3.22. The van der Waals surface area contributed by atoms with Gasteiger partial charge in [-0.05, 0) is 24.3 Å². The maximum Gasteiger partial charge on any atom is 0.311 e. The number of methoxy groups -OCH3 is 2. The number of amides is 3. The van der Waals surface area contributed by atoms with Crippen molar-refractivity contribution in [2.24, 2.45) is 5.92 Å². The Hall–Kier alpha value is -4.08. The Balaban J connectivity index is 1.52. The molecule has 168 valence electrons. The highest BCUT2D eigenvalue weighted by Crippen LogP contribution is 2.36. The van der Waals surface area contributed by atoms with Gasteiger partial charge in [0.25, 0.3) is 11.8 Å². The number of benzene rings is 2. The van der Waals surface area contributed by atoms with Crippen molar-refractivity contribution in [3.05, 3.63) is 54.1 Å². The number of hydrogen-bond donors (Lipinski definition) is 2. The number of carbonyl (C=O) groups is 4. The van der Waals surface area contributed by atoms with E-state index in [-0.39, 0.29) is 18.9 Å². The van der Waals surface area contributed by atoms with Crippen LogP contribution in [0.1, 0.15) is 16.8 Å². The minimum atomic E-state index is -0.745. The molecule has 0 unspecified atom stereocenters. The maximum atomic E-state index is 12.5. The van der Waals surface area contributed by atoms with Crippen molar-refractivity contribution < 1.29 is 33.4 Å². The molecule has 0 radical (unpaired) electrons. The molecule has 1 fully saturated rings. The van der Waals surface area contributed by atoms with E-state index in [4.69, 9.17) is 14.2 Å². The third-order valence-electron chi connectivity index (χ3n) is 4.83. The fourth-order valence-electron chi connectivity index (χ4n) is 3.18. The minimum Gasteiger partial charge on any atom is -0.497 e. The van der Waals surface area contributed by atoms with Crippen LogP contribution in [0.25, 0.3) is 0 Å². The van der Waals surface area contributed by atoms with Gasteiger partial charge in [0.2, 0.25) is 5.91 Å². The first-order valence-corrected chi connectivity index (χ1v) is 9.76. The number of anilines is 1. The van der Waals surface area contributed by atoms with E-state index in [2.05, 4.69) is 10.9 Å². The fraction of sp³-hybridized carbons (Fsp3) is 0.273. The molecule has 3 rings (SSSR count). The number of nitrogens with one attached hydrogen (secondary N) is 2. The molecule has 1 atom stereocenters. The van der Waals surface area contributed by atoms with Crippen LogP contribution in [0, 0.1) is 5.92 Å². The van der Waals surface area contributed by atoms with Gasteiger partial charge in [0.15, 0.2) is 6.61 Å². The van der Waals surface area contributed by atoms with E-state index in [1.54, 1.807) is 48.5 Å². The van der Waals surface area contributed by atoms with Crippen LogP contribution in [0.15, 0.2) is 48.5 Å². The van der Waals surface area contributed by atoms with Crippen LogP contribution in [0.4, 0.5) is 5.69 Å². The normalized spacial score (nSPS) is 15.1. The van der Waals surface area contributed by atoms with Crippen molar-refractivity contribution >= 4 is 29.4 Å². The highest BCUT2D eigenvalue weighted by atomic mass is 16.5. The zero-order valence-electron chi connectivity index (χ0n) is 17.6. The van der Waals surface area contributed by atoms with Crippen molar-refractivity contribution in [2.45, 2.75) is 6.42 Å². The molecule has 0 spiro atoms. The van der Waals surface area contributed by atoms with Gasteiger partial charge in [0, 0.05) is 24.6 Å². The van der Waals surface area contributed by atoms with E-state index in [1.165, 1.54) is 19.1 Å². The predicted octanol–water partition coefficient (Wildman–Crippen LogP) is 1.06. The molecule has 10 heteroatoms. The standard InChI is InChI=1S/C22H23N3O7/c1-30-16-8-9-18(31-2)17(11-16)25-12-15(10-20(25)27)22(29)32-13-19(26)23-24-21(28)14-6-4-3-5-7-14/h3-9,11,15H,10,12-13H2,1-2H3,(H,23,26)(H,24,28)/t15-/m0/s1. The monoisotopic (exact) mass is 441 g/mol. The summed E-state index contributed by atoms with van der Waals surface area (Å²) in [5, 5.41) is 0. The van der Waals surface area contributed by atoms with E-state index in [0.717, 1.165) is 0 Å². The molecule has 2 aromatic carbocycles. The molecule has 32 heavy (non-hydrogen) atoms. The summed E-state index contributed by atoms with van der Waals surface area (Å²) >= 11 is 0. The van der Waals surface area contributed by atoms with Crippen LogP contribution in [-0.2, 0) is 19.1 Å². The van der Waals surface area contributed by atoms with Gasteiger partial charge in [-0.2, -0.15) is 0 Å². The summed E-state index contributed by atoms with van der Waals surface area (Å²) in [5.41, 5.74) is 5.25. The second-order valence-corrected chi connectivity index (χ2v) is 6.92. The van der Waals surface area contributed by atoms with Crippen LogP contribution in [-0.4, -0.2) is 51.1 Å². The fourth-order valence-corrected chi connectivity index (χ4v) is 3.18. The van der Waals surface area contributed by atoms with Crippen LogP contribution in [0.3, 0.4) is 0 Å². The highest BCUT2D eigenvalue weighted by Gasteiger charge is 2.37. The van der Waals surface area contributed by atoms with Gasteiger partial charge in [-0.25, -0.2) is 0 Å². The molecule has 0 saturated carbocycles. The highest BCUT2D eigenvalue weighted by molar-refractivity contribution is 6.01. The lowest BCUT2D eigenvalue weighted by atomic mass is 10.1. The first kappa shape index (κ1) is 22.6. The Bertz CT molecular complexity index is 1010. The third kappa shape index (κ3) is 5.34. The molecule has 0 aromatic heterocycles. The number of hydrazine groups is 1. The Morgan fingerprint density at radius 1 is 1.03 bits per heavy atom. The zero-order valence-corrected chi connectivity index (χ0v) is 17.6. The van der Waals surface area contributed by atoms with Crippen molar-refractivity contribution in [3.63, 3.8) is 0 Å². The third-order valence-corrected chi connectivity index (χ3v) is 4.83. The van der Waals surface area contributed by atoms with Crippen LogP contribution in [0.5, 0.6) is 11.5 Å². The van der Waals surface area contributed by atoms with E-state index < -0.39 is 30.3 Å². The summed E-state index contributed by atoms with van der Waals surface area (Å²) in [4.78, 5) is 50.1.